The number of carboxylic acids is 1. The molecule has 140 valence electrons. The van der Waals surface area contributed by atoms with Gasteiger partial charge < -0.3 is 5.11 Å². The third-order valence-electron chi connectivity index (χ3n) is 5.73. The molecule has 27 heavy (non-hydrogen) atoms. The molecule has 3 aromatic rings. The predicted octanol–water partition coefficient (Wildman–Crippen LogP) is 6.04. The van der Waals surface area contributed by atoms with Crippen LogP contribution in [0.5, 0.6) is 0 Å². The number of aryl methyl sites for hydroxylation is 4. The summed E-state index contributed by atoms with van der Waals surface area (Å²) in [6.45, 7) is 6.00. The number of rotatable bonds is 4. The number of hydrogen-bond acceptors (Lipinski definition) is 3. The molecule has 4 rings (SSSR count). The number of aliphatic carboxylic acids is 1. The van der Waals surface area contributed by atoms with Crippen LogP contribution in [0.15, 0.2) is 24.3 Å². The van der Waals surface area contributed by atoms with E-state index in [1.807, 2.05) is 13.8 Å². The zero-order chi connectivity index (χ0) is 19.1. The molecule has 2 heterocycles. The van der Waals surface area contributed by atoms with Crippen molar-refractivity contribution in [3.8, 4) is 11.1 Å². The van der Waals surface area contributed by atoms with E-state index in [9.17, 15) is 9.90 Å². The molecule has 0 saturated carbocycles. The van der Waals surface area contributed by atoms with E-state index in [1.54, 1.807) is 11.3 Å². The van der Waals surface area contributed by atoms with Crippen LogP contribution in [-0.4, -0.2) is 16.1 Å². The Kier molecular flexibility index (Phi) is 4.77. The second kappa shape index (κ2) is 7.08. The number of aromatic nitrogens is 1. The van der Waals surface area contributed by atoms with Gasteiger partial charge in [-0.2, -0.15) is 0 Å². The molecule has 1 aliphatic carbocycles. The maximum absolute atomic E-state index is 12.1. The van der Waals surface area contributed by atoms with Crippen LogP contribution in [0.3, 0.4) is 0 Å². The standard InChI is InChI=1S/C23H25NO2S/c1-4-16(23(25)26)19-14(3)24-22-21(17-7-5-6-8-18(17)27-22)20(19)15-11-9-13(2)10-12-15/h9-12,16H,4-8H2,1-3H3,(H,25,26). The third-order valence-corrected chi connectivity index (χ3v) is 6.91. The number of hydrogen-bond donors (Lipinski definition) is 1. The highest BCUT2D eigenvalue weighted by Gasteiger charge is 2.29. The summed E-state index contributed by atoms with van der Waals surface area (Å²) >= 11 is 1.80. The van der Waals surface area contributed by atoms with Crippen LogP contribution in [0.1, 0.15) is 59.4 Å². The summed E-state index contributed by atoms with van der Waals surface area (Å²) in [5.74, 6) is -1.29. The van der Waals surface area contributed by atoms with E-state index in [1.165, 1.54) is 34.2 Å². The zero-order valence-corrected chi connectivity index (χ0v) is 16.9. The van der Waals surface area contributed by atoms with Crippen LogP contribution >= 0.6 is 11.3 Å². The van der Waals surface area contributed by atoms with Gasteiger partial charge in [-0.05, 0) is 68.2 Å². The van der Waals surface area contributed by atoms with E-state index in [0.29, 0.717) is 6.42 Å². The Morgan fingerprint density at radius 3 is 2.56 bits per heavy atom. The van der Waals surface area contributed by atoms with Gasteiger partial charge in [-0.1, -0.05) is 36.8 Å². The van der Waals surface area contributed by atoms with Crippen molar-refractivity contribution in [2.24, 2.45) is 0 Å². The lowest BCUT2D eigenvalue weighted by molar-refractivity contribution is -0.138. The topological polar surface area (TPSA) is 50.2 Å². The smallest absolute Gasteiger partial charge is 0.311 e. The summed E-state index contributed by atoms with van der Waals surface area (Å²) < 4.78 is 0. The van der Waals surface area contributed by atoms with Gasteiger partial charge in [0.1, 0.15) is 4.83 Å². The van der Waals surface area contributed by atoms with Crippen molar-refractivity contribution < 1.29 is 9.90 Å². The third kappa shape index (κ3) is 3.06. The maximum Gasteiger partial charge on any atom is 0.311 e. The molecule has 4 heteroatoms. The molecule has 1 atom stereocenters. The highest BCUT2D eigenvalue weighted by molar-refractivity contribution is 7.19. The molecule has 2 aromatic heterocycles. The Hall–Kier alpha value is -2.20. The van der Waals surface area contributed by atoms with Crippen LogP contribution in [0, 0.1) is 13.8 Å². The van der Waals surface area contributed by atoms with Crippen molar-refractivity contribution in [3.63, 3.8) is 0 Å². The van der Waals surface area contributed by atoms with Crippen LogP contribution in [-0.2, 0) is 17.6 Å². The Morgan fingerprint density at radius 1 is 1.19 bits per heavy atom. The van der Waals surface area contributed by atoms with E-state index in [0.717, 1.165) is 40.1 Å². The van der Waals surface area contributed by atoms with Gasteiger partial charge in [-0.3, -0.25) is 4.79 Å². The van der Waals surface area contributed by atoms with Crippen molar-refractivity contribution >= 4 is 27.5 Å². The number of carbonyl (C=O) groups is 1. The van der Waals surface area contributed by atoms with Gasteiger partial charge >= 0.3 is 5.97 Å². The molecule has 3 nitrogen and oxygen atoms in total. The quantitative estimate of drug-likeness (QED) is 0.601. The van der Waals surface area contributed by atoms with Gasteiger partial charge in [0.15, 0.2) is 0 Å². The monoisotopic (exact) mass is 379 g/mol. The zero-order valence-electron chi connectivity index (χ0n) is 16.1. The average Bonchev–Trinajstić information content (AvgIpc) is 3.01. The number of nitrogens with zero attached hydrogens (tertiary/aromatic N) is 1. The number of pyridine rings is 1. The summed E-state index contributed by atoms with van der Waals surface area (Å²) in [6.07, 6.45) is 5.19. The van der Waals surface area contributed by atoms with Crippen LogP contribution in [0.25, 0.3) is 21.3 Å². The van der Waals surface area contributed by atoms with Crippen molar-refractivity contribution in [2.75, 3.05) is 0 Å². The molecule has 0 amide bonds. The molecular weight excluding hydrogens is 354 g/mol. The summed E-state index contributed by atoms with van der Waals surface area (Å²) in [5, 5.41) is 11.1. The van der Waals surface area contributed by atoms with Crippen molar-refractivity contribution in [1.29, 1.82) is 0 Å². The van der Waals surface area contributed by atoms with Crippen LogP contribution in [0.4, 0.5) is 0 Å². The lowest BCUT2D eigenvalue weighted by Gasteiger charge is -2.21. The second-order valence-electron chi connectivity index (χ2n) is 7.54. The van der Waals surface area contributed by atoms with Crippen molar-refractivity contribution in [1.82, 2.24) is 4.98 Å². The number of benzene rings is 1. The van der Waals surface area contributed by atoms with Gasteiger partial charge in [0, 0.05) is 16.0 Å². The molecular formula is C23H25NO2S. The number of carboxylic acid groups (broad SMARTS) is 1. The van der Waals surface area contributed by atoms with E-state index >= 15 is 0 Å². The SMILES string of the molecule is CCC(C(=O)O)c1c(C)nc2sc3c(c2c1-c1ccc(C)cc1)CCCC3. The van der Waals surface area contributed by atoms with Gasteiger partial charge in [0.2, 0.25) is 0 Å². The fraction of sp³-hybridized carbons (Fsp3) is 0.391. The normalized spacial score (nSPS) is 14.9. The highest BCUT2D eigenvalue weighted by Crippen LogP contribution is 2.45. The molecule has 1 N–H and O–H groups in total. The average molecular weight is 380 g/mol. The van der Waals surface area contributed by atoms with Crippen molar-refractivity contribution in [2.45, 2.75) is 58.8 Å². The molecule has 1 aromatic carbocycles. The Balaban J connectivity index is 2.12. The molecule has 0 saturated heterocycles. The second-order valence-corrected chi connectivity index (χ2v) is 8.63. The van der Waals surface area contributed by atoms with Gasteiger partial charge in [0.05, 0.1) is 5.92 Å². The first-order valence-corrected chi connectivity index (χ1v) is 10.6. The molecule has 1 aliphatic rings. The van der Waals surface area contributed by atoms with Gasteiger partial charge in [-0.25, -0.2) is 4.98 Å². The molecule has 0 radical (unpaired) electrons. The van der Waals surface area contributed by atoms with E-state index in [4.69, 9.17) is 4.98 Å². The fourth-order valence-corrected chi connectivity index (χ4v) is 5.68. The largest absolute Gasteiger partial charge is 0.481 e. The van der Waals surface area contributed by atoms with E-state index in [-0.39, 0.29) is 0 Å². The lowest BCUT2D eigenvalue weighted by Crippen LogP contribution is -2.14. The molecule has 0 fully saturated rings. The number of fused-ring (bicyclic) bond motifs is 3. The van der Waals surface area contributed by atoms with Gasteiger partial charge in [-0.15, -0.1) is 11.3 Å². The number of thiophene rings is 1. The van der Waals surface area contributed by atoms with Crippen LogP contribution in [0.2, 0.25) is 0 Å². The predicted molar refractivity (Wildman–Crippen MR) is 112 cm³/mol. The summed E-state index contributed by atoms with van der Waals surface area (Å²) in [5.41, 5.74) is 6.58. The Labute approximate surface area is 164 Å². The first-order chi connectivity index (χ1) is 13.0. The highest BCUT2D eigenvalue weighted by atomic mass is 32.1. The molecule has 1 unspecified atom stereocenters. The Morgan fingerprint density at radius 2 is 1.89 bits per heavy atom. The lowest BCUT2D eigenvalue weighted by atomic mass is 9.84. The van der Waals surface area contributed by atoms with Crippen LogP contribution < -0.4 is 0 Å². The van der Waals surface area contributed by atoms with E-state index in [2.05, 4.69) is 31.2 Å². The minimum atomic E-state index is -0.765. The molecule has 0 spiro atoms. The molecule has 0 aliphatic heterocycles. The summed E-state index contributed by atoms with van der Waals surface area (Å²) in [6, 6.07) is 8.49. The Bertz CT molecular complexity index is 1020. The first-order valence-electron chi connectivity index (χ1n) is 9.75. The summed E-state index contributed by atoms with van der Waals surface area (Å²) in [4.78, 5) is 19.5. The minimum Gasteiger partial charge on any atom is -0.481 e. The van der Waals surface area contributed by atoms with E-state index < -0.39 is 11.9 Å². The molecule has 0 bridgehead atoms. The summed E-state index contributed by atoms with van der Waals surface area (Å²) in [7, 11) is 0. The van der Waals surface area contributed by atoms with Gasteiger partial charge in [0.25, 0.3) is 0 Å². The fourth-order valence-electron chi connectivity index (χ4n) is 4.36. The van der Waals surface area contributed by atoms with Crippen molar-refractivity contribution in [3.05, 3.63) is 51.5 Å². The minimum absolute atomic E-state index is 0.530. The first kappa shape index (κ1) is 18.2. The maximum atomic E-state index is 12.1.